The molecule has 2 N–H and O–H groups in total. The number of aryl methyl sites for hydroxylation is 2. The summed E-state index contributed by atoms with van der Waals surface area (Å²) in [5, 5.41) is 5.81. The Morgan fingerprint density at radius 2 is 1.75 bits per heavy atom. The van der Waals surface area contributed by atoms with Crippen molar-refractivity contribution >= 4 is 23.3 Å². The van der Waals surface area contributed by atoms with Gasteiger partial charge in [0.1, 0.15) is 17.8 Å². The average molecular weight is 484 g/mol. The second-order valence-electron chi connectivity index (χ2n) is 9.59. The van der Waals surface area contributed by atoms with Crippen LogP contribution in [-0.4, -0.2) is 38.4 Å². The second-order valence-corrected chi connectivity index (χ2v) is 9.59. The molecule has 8 heteroatoms. The highest BCUT2D eigenvalue weighted by Gasteiger charge is 2.57. The first-order chi connectivity index (χ1) is 17.6. The van der Waals surface area contributed by atoms with E-state index in [2.05, 4.69) is 22.8 Å². The van der Waals surface area contributed by atoms with E-state index in [0.29, 0.717) is 30.3 Å². The van der Waals surface area contributed by atoms with Crippen molar-refractivity contribution in [3.63, 3.8) is 0 Å². The number of anilines is 2. The number of carbonyl (C=O) groups is 2. The molecule has 0 bridgehead atoms. The molecular formula is C28H25N3O5. The molecule has 3 heterocycles. The van der Waals surface area contributed by atoms with Crippen molar-refractivity contribution in [2.75, 3.05) is 36.7 Å². The Bertz CT molecular complexity index is 1420. The maximum atomic E-state index is 14.0. The molecule has 0 saturated carbocycles. The van der Waals surface area contributed by atoms with Crippen molar-refractivity contribution in [1.29, 1.82) is 0 Å². The third-order valence-electron chi connectivity index (χ3n) is 7.62. The zero-order chi connectivity index (χ0) is 24.3. The van der Waals surface area contributed by atoms with Crippen molar-refractivity contribution in [1.82, 2.24) is 5.32 Å². The maximum Gasteiger partial charge on any atom is 0.319 e. The van der Waals surface area contributed by atoms with Crippen molar-refractivity contribution < 1.29 is 23.8 Å². The number of carbonyl (C=O) groups excluding carboxylic acids is 2. The summed E-state index contributed by atoms with van der Waals surface area (Å²) in [4.78, 5) is 28.3. The van der Waals surface area contributed by atoms with Gasteiger partial charge in [0.2, 0.25) is 12.7 Å². The van der Waals surface area contributed by atoms with Gasteiger partial charge in [-0.15, -0.1) is 0 Å². The van der Waals surface area contributed by atoms with Crippen LogP contribution in [0.3, 0.4) is 0 Å². The first kappa shape index (κ1) is 21.1. The lowest BCUT2D eigenvalue weighted by Crippen LogP contribution is -2.45. The normalized spacial score (nSPS) is 20.2. The molecule has 4 aliphatic rings. The van der Waals surface area contributed by atoms with E-state index in [-0.39, 0.29) is 25.3 Å². The summed E-state index contributed by atoms with van der Waals surface area (Å²) in [6.45, 7) is 1.02. The molecule has 3 aliphatic heterocycles. The first-order valence-corrected chi connectivity index (χ1v) is 12.3. The Labute approximate surface area is 208 Å². The number of nitrogens with one attached hydrogen (secondary N) is 2. The van der Waals surface area contributed by atoms with Crippen LogP contribution >= 0.6 is 0 Å². The molecule has 3 aromatic carbocycles. The average Bonchev–Trinajstić information content (AvgIpc) is 3.66. The summed E-state index contributed by atoms with van der Waals surface area (Å²) < 4.78 is 17.1. The fourth-order valence-electron chi connectivity index (χ4n) is 5.89. The largest absolute Gasteiger partial charge is 0.491 e. The number of ether oxygens (including phenoxy) is 3. The third kappa shape index (κ3) is 3.07. The van der Waals surface area contributed by atoms with Gasteiger partial charge < -0.3 is 29.7 Å². The lowest BCUT2D eigenvalue weighted by atomic mass is 9.77. The lowest BCUT2D eigenvalue weighted by Gasteiger charge is -2.23. The first-order valence-electron chi connectivity index (χ1n) is 12.3. The highest BCUT2D eigenvalue weighted by molar-refractivity contribution is 6.11. The molecule has 1 unspecified atom stereocenters. The molecule has 0 aromatic heterocycles. The number of fused-ring (bicyclic) bond motifs is 6. The topological polar surface area (TPSA) is 89.1 Å². The number of amides is 3. The SMILES string of the molecule is O=C(NCCN1C(=O)C2(COc3cc4c(cc32)OCO4)c2ccccc21)Nc1ccc2c(c1)CCC2. The van der Waals surface area contributed by atoms with Crippen LogP contribution < -0.4 is 29.7 Å². The Morgan fingerprint density at radius 1 is 0.917 bits per heavy atom. The summed E-state index contributed by atoms with van der Waals surface area (Å²) in [5.41, 5.74) is 5.02. The van der Waals surface area contributed by atoms with E-state index in [4.69, 9.17) is 14.2 Å². The molecule has 1 spiro atoms. The minimum Gasteiger partial charge on any atom is -0.491 e. The number of hydrogen-bond donors (Lipinski definition) is 2. The summed E-state index contributed by atoms with van der Waals surface area (Å²) in [5.74, 6) is 1.81. The van der Waals surface area contributed by atoms with Crippen LogP contribution in [0.25, 0.3) is 0 Å². The predicted molar refractivity (Wildman–Crippen MR) is 133 cm³/mol. The number of rotatable bonds is 4. The van der Waals surface area contributed by atoms with Gasteiger partial charge in [0.25, 0.3) is 0 Å². The zero-order valence-corrected chi connectivity index (χ0v) is 19.6. The molecule has 3 amide bonds. The van der Waals surface area contributed by atoms with Gasteiger partial charge in [0.05, 0.1) is 0 Å². The molecule has 0 saturated heterocycles. The van der Waals surface area contributed by atoms with Gasteiger partial charge in [-0.05, 0) is 60.2 Å². The minimum atomic E-state index is -0.945. The Balaban J connectivity index is 1.09. The van der Waals surface area contributed by atoms with Crippen molar-refractivity contribution in [3.05, 3.63) is 76.9 Å². The van der Waals surface area contributed by atoms with E-state index in [1.807, 2.05) is 36.4 Å². The monoisotopic (exact) mass is 483 g/mol. The van der Waals surface area contributed by atoms with Crippen molar-refractivity contribution in [2.45, 2.75) is 24.7 Å². The van der Waals surface area contributed by atoms with E-state index in [9.17, 15) is 9.59 Å². The predicted octanol–water partition coefficient (Wildman–Crippen LogP) is 3.75. The smallest absolute Gasteiger partial charge is 0.319 e. The summed E-state index contributed by atoms with van der Waals surface area (Å²) >= 11 is 0. The fraction of sp³-hybridized carbons (Fsp3) is 0.286. The van der Waals surface area contributed by atoms with Gasteiger partial charge in [0, 0.05) is 36.1 Å². The van der Waals surface area contributed by atoms with Gasteiger partial charge in [-0.3, -0.25) is 4.79 Å². The molecule has 1 atom stereocenters. The molecule has 8 nitrogen and oxygen atoms in total. The third-order valence-corrected chi connectivity index (χ3v) is 7.62. The molecule has 3 aromatic rings. The van der Waals surface area contributed by atoms with Crippen LogP contribution in [0.4, 0.5) is 16.2 Å². The quantitative estimate of drug-likeness (QED) is 0.590. The van der Waals surface area contributed by atoms with Gasteiger partial charge in [-0.25, -0.2) is 4.79 Å². The highest BCUT2D eigenvalue weighted by atomic mass is 16.7. The number of benzene rings is 3. The molecule has 1 aliphatic carbocycles. The number of hydrogen-bond acceptors (Lipinski definition) is 5. The number of nitrogens with zero attached hydrogens (tertiary/aromatic N) is 1. The van der Waals surface area contributed by atoms with Crippen LogP contribution in [0, 0.1) is 0 Å². The standard InChI is InChI=1S/C28H25N3O5/c32-26-28(15-34-23-14-25-24(13-21(23)28)35-16-36-25)20-6-1-2-7-22(20)31(26)11-10-29-27(33)30-19-9-8-17-4-3-5-18(17)12-19/h1-2,6-9,12-14H,3-5,10-11,15-16H2,(H2,29,30,33). The Kier molecular flexibility index (Phi) is 4.64. The van der Waals surface area contributed by atoms with Gasteiger partial charge in [0.15, 0.2) is 11.5 Å². The van der Waals surface area contributed by atoms with Gasteiger partial charge >= 0.3 is 6.03 Å². The van der Waals surface area contributed by atoms with Gasteiger partial charge in [-0.2, -0.15) is 0 Å². The molecule has 36 heavy (non-hydrogen) atoms. The Hall–Kier alpha value is -4.20. The summed E-state index contributed by atoms with van der Waals surface area (Å²) in [6.07, 6.45) is 3.32. The lowest BCUT2D eigenvalue weighted by molar-refractivity contribution is -0.122. The van der Waals surface area contributed by atoms with E-state index in [0.717, 1.165) is 41.8 Å². The second kappa shape index (κ2) is 7.91. The van der Waals surface area contributed by atoms with E-state index >= 15 is 0 Å². The molecule has 0 fully saturated rings. The van der Waals surface area contributed by atoms with Gasteiger partial charge in [-0.1, -0.05) is 24.3 Å². The molecule has 182 valence electrons. The van der Waals surface area contributed by atoms with Crippen molar-refractivity contribution in [3.8, 4) is 17.2 Å². The molecular weight excluding hydrogens is 458 g/mol. The number of para-hydroxylation sites is 1. The van der Waals surface area contributed by atoms with E-state index < -0.39 is 5.41 Å². The number of urea groups is 1. The van der Waals surface area contributed by atoms with Crippen LogP contribution in [0.2, 0.25) is 0 Å². The Morgan fingerprint density at radius 3 is 2.67 bits per heavy atom. The van der Waals surface area contributed by atoms with Crippen LogP contribution in [-0.2, 0) is 23.1 Å². The molecule has 0 radical (unpaired) electrons. The van der Waals surface area contributed by atoms with Crippen LogP contribution in [0.1, 0.15) is 28.7 Å². The fourth-order valence-corrected chi connectivity index (χ4v) is 5.89. The van der Waals surface area contributed by atoms with E-state index in [1.165, 1.54) is 11.1 Å². The van der Waals surface area contributed by atoms with Crippen molar-refractivity contribution in [2.24, 2.45) is 0 Å². The summed E-state index contributed by atoms with van der Waals surface area (Å²) in [7, 11) is 0. The van der Waals surface area contributed by atoms with Crippen LogP contribution in [0.5, 0.6) is 17.2 Å². The highest BCUT2D eigenvalue weighted by Crippen LogP contribution is 2.54. The van der Waals surface area contributed by atoms with Crippen LogP contribution in [0.15, 0.2) is 54.6 Å². The molecule has 7 rings (SSSR count). The zero-order valence-electron chi connectivity index (χ0n) is 19.6. The maximum absolute atomic E-state index is 14.0. The minimum absolute atomic E-state index is 0.0675. The summed E-state index contributed by atoms with van der Waals surface area (Å²) in [6, 6.07) is 17.2. The van der Waals surface area contributed by atoms with E-state index in [1.54, 1.807) is 11.0 Å².